The van der Waals surface area contributed by atoms with Gasteiger partial charge < -0.3 is 4.90 Å². The van der Waals surface area contributed by atoms with Gasteiger partial charge in [-0.3, -0.25) is 9.78 Å². The van der Waals surface area contributed by atoms with Crippen LogP contribution in [0.15, 0.2) is 11.7 Å². The highest BCUT2D eigenvalue weighted by Crippen LogP contribution is 2.27. The number of alkyl halides is 1. The molecule has 0 bridgehead atoms. The van der Waals surface area contributed by atoms with Crippen molar-refractivity contribution >= 4 is 28.8 Å². The van der Waals surface area contributed by atoms with Gasteiger partial charge in [0.25, 0.3) is 0 Å². The number of thiazole rings is 1. The monoisotopic (exact) mass is 244 g/mol. The van der Waals surface area contributed by atoms with Crippen molar-refractivity contribution in [3.63, 3.8) is 0 Å². The number of rotatable bonds is 2. The van der Waals surface area contributed by atoms with Crippen molar-refractivity contribution in [2.75, 3.05) is 13.1 Å². The van der Waals surface area contributed by atoms with Crippen LogP contribution in [0.1, 0.15) is 29.5 Å². The maximum atomic E-state index is 12.0. The fourth-order valence-electron chi connectivity index (χ4n) is 1.75. The Hall–Kier alpha value is -0.610. The van der Waals surface area contributed by atoms with Crippen LogP contribution in [0, 0.1) is 0 Å². The van der Waals surface area contributed by atoms with Crippen molar-refractivity contribution < 1.29 is 4.79 Å². The first-order valence-electron chi connectivity index (χ1n) is 5.10. The van der Waals surface area contributed by atoms with Crippen molar-refractivity contribution in [3.8, 4) is 0 Å². The van der Waals surface area contributed by atoms with E-state index in [1.54, 1.807) is 11.7 Å². The van der Waals surface area contributed by atoms with Crippen LogP contribution in [-0.4, -0.2) is 28.9 Å². The van der Waals surface area contributed by atoms with E-state index in [1.807, 2.05) is 4.90 Å². The van der Waals surface area contributed by atoms with Crippen LogP contribution in [0.25, 0.3) is 0 Å². The van der Waals surface area contributed by atoms with Gasteiger partial charge >= 0.3 is 0 Å². The number of nitrogens with zero attached hydrogens (tertiary/aromatic N) is 2. The molecule has 1 fully saturated rings. The standard InChI is InChI=1S/C10H13ClN2OS/c11-9(8-6-12-7-15-8)10(14)13-4-2-1-3-5-13/h6-7,9H,1-5H2. The lowest BCUT2D eigenvalue weighted by Gasteiger charge is -2.28. The Morgan fingerprint density at radius 1 is 1.47 bits per heavy atom. The average Bonchev–Trinajstić information content (AvgIpc) is 2.82. The molecule has 1 aromatic rings. The molecule has 1 amide bonds. The smallest absolute Gasteiger partial charge is 0.246 e. The quantitative estimate of drug-likeness (QED) is 0.749. The Morgan fingerprint density at radius 3 is 2.80 bits per heavy atom. The minimum atomic E-state index is -0.546. The van der Waals surface area contributed by atoms with Crippen LogP contribution in [-0.2, 0) is 4.79 Å². The van der Waals surface area contributed by atoms with Gasteiger partial charge in [0.2, 0.25) is 5.91 Å². The molecule has 0 spiro atoms. The number of carbonyl (C=O) groups excluding carboxylic acids is 1. The number of hydrogen-bond donors (Lipinski definition) is 0. The molecule has 2 heterocycles. The van der Waals surface area contributed by atoms with Gasteiger partial charge in [-0.05, 0) is 19.3 Å². The number of hydrogen-bond acceptors (Lipinski definition) is 3. The predicted molar refractivity (Wildman–Crippen MR) is 61.1 cm³/mol. The lowest BCUT2D eigenvalue weighted by atomic mass is 10.1. The second kappa shape index (κ2) is 4.94. The minimum Gasteiger partial charge on any atom is -0.341 e. The van der Waals surface area contributed by atoms with Crippen molar-refractivity contribution in [1.29, 1.82) is 0 Å². The molecule has 5 heteroatoms. The number of carbonyl (C=O) groups is 1. The fourth-order valence-corrected chi connectivity index (χ4v) is 2.68. The highest BCUT2D eigenvalue weighted by molar-refractivity contribution is 7.10. The number of likely N-dealkylation sites (tertiary alicyclic amines) is 1. The summed E-state index contributed by atoms with van der Waals surface area (Å²) in [4.78, 5) is 18.6. The SMILES string of the molecule is O=C(C(Cl)c1cncs1)N1CCCCC1. The van der Waals surface area contributed by atoms with Crippen molar-refractivity contribution in [3.05, 3.63) is 16.6 Å². The number of amides is 1. The van der Waals surface area contributed by atoms with Crippen molar-refractivity contribution in [1.82, 2.24) is 9.88 Å². The molecule has 0 aliphatic carbocycles. The zero-order valence-corrected chi connectivity index (χ0v) is 9.93. The van der Waals surface area contributed by atoms with E-state index in [0.29, 0.717) is 0 Å². The highest BCUT2D eigenvalue weighted by atomic mass is 35.5. The fraction of sp³-hybridized carbons (Fsp3) is 0.600. The first-order chi connectivity index (χ1) is 7.29. The maximum Gasteiger partial charge on any atom is 0.246 e. The van der Waals surface area contributed by atoms with Crippen LogP contribution >= 0.6 is 22.9 Å². The highest BCUT2D eigenvalue weighted by Gasteiger charge is 2.25. The maximum absolute atomic E-state index is 12.0. The lowest BCUT2D eigenvalue weighted by molar-refractivity contribution is -0.131. The minimum absolute atomic E-state index is 0.0283. The van der Waals surface area contributed by atoms with E-state index in [0.717, 1.165) is 30.8 Å². The van der Waals surface area contributed by atoms with Crippen LogP contribution < -0.4 is 0 Å². The third-order valence-electron chi connectivity index (χ3n) is 2.59. The summed E-state index contributed by atoms with van der Waals surface area (Å²) in [5, 5.41) is -0.546. The first-order valence-corrected chi connectivity index (χ1v) is 6.42. The molecule has 1 aromatic heterocycles. The summed E-state index contributed by atoms with van der Waals surface area (Å²) in [7, 11) is 0. The van der Waals surface area contributed by atoms with Gasteiger partial charge in [-0.1, -0.05) is 0 Å². The van der Waals surface area contributed by atoms with E-state index in [9.17, 15) is 4.79 Å². The zero-order chi connectivity index (χ0) is 10.7. The molecule has 15 heavy (non-hydrogen) atoms. The molecular formula is C10H13ClN2OS. The van der Waals surface area contributed by atoms with Gasteiger partial charge in [0.15, 0.2) is 0 Å². The average molecular weight is 245 g/mol. The van der Waals surface area contributed by atoms with E-state index in [-0.39, 0.29) is 5.91 Å². The summed E-state index contributed by atoms with van der Waals surface area (Å²) < 4.78 is 0. The van der Waals surface area contributed by atoms with Gasteiger partial charge in [0, 0.05) is 19.3 Å². The lowest BCUT2D eigenvalue weighted by Crippen LogP contribution is -2.37. The number of halogens is 1. The van der Waals surface area contributed by atoms with Crippen molar-refractivity contribution in [2.45, 2.75) is 24.6 Å². The molecule has 1 saturated heterocycles. The van der Waals surface area contributed by atoms with E-state index < -0.39 is 5.38 Å². The Kier molecular flexibility index (Phi) is 3.59. The summed E-state index contributed by atoms with van der Waals surface area (Å²) in [6.45, 7) is 1.70. The molecule has 3 nitrogen and oxygen atoms in total. The van der Waals surface area contributed by atoms with Gasteiger partial charge in [0.05, 0.1) is 10.4 Å². The summed E-state index contributed by atoms with van der Waals surface area (Å²) >= 11 is 7.54. The normalized spacial score (nSPS) is 18.9. The topological polar surface area (TPSA) is 33.2 Å². The number of piperidine rings is 1. The second-order valence-corrected chi connectivity index (χ2v) is 5.01. The van der Waals surface area contributed by atoms with Gasteiger partial charge in [-0.2, -0.15) is 0 Å². The van der Waals surface area contributed by atoms with Crippen LogP contribution in [0.3, 0.4) is 0 Å². The van der Waals surface area contributed by atoms with Gasteiger partial charge in [0.1, 0.15) is 5.38 Å². The van der Waals surface area contributed by atoms with E-state index in [1.165, 1.54) is 17.8 Å². The number of aromatic nitrogens is 1. The molecule has 1 unspecified atom stereocenters. The first kappa shape index (κ1) is 10.9. The molecule has 1 atom stereocenters. The van der Waals surface area contributed by atoms with Crippen molar-refractivity contribution in [2.24, 2.45) is 0 Å². The summed E-state index contributed by atoms with van der Waals surface area (Å²) in [6, 6.07) is 0. The third kappa shape index (κ3) is 2.49. The molecule has 0 radical (unpaired) electrons. The Morgan fingerprint density at radius 2 is 2.20 bits per heavy atom. The molecule has 0 aromatic carbocycles. The molecular weight excluding hydrogens is 232 g/mol. The third-order valence-corrected chi connectivity index (χ3v) is 3.98. The summed E-state index contributed by atoms with van der Waals surface area (Å²) in [5.41, 5.74) is 1.70. The largest absolute Gasteiger partial charge is 0.341 e. The molecule has 1 aliphatic heterocycles. The van der Waals surface area contributed by atoms with Crippen LogP contribution in [0.4, 0.5) is 0 Å². The molecule has 82 valence electrons. The summed E-state index contributed by atoms with van der Waals surface area (Å²) in [5.74, 6) is 0.0283. The van der Waals surface area contributed by atoms with E-state index >= 15 is 0 Å². The predicted octanol–water partition coefficient (Wildman–Crippen LogP) is 2.44. The van der Waals surface area contributed by atoms with E-state index in [2.05, 4.69) is 4.98 Å². The Bertz CT molecular complexity index is 322. The second-order valence-electron chi connectivity index (χ2n) is 3.65. The zero-order valence-electron chi connectivity index (χ0n) is 8.36. The van der Waals surface area contributed by atoms with Crippen LogP contribution in [0.2, 0.25) is 0 Å². The Balaban J connectivity index is 2.00. The molecule has 1 aliphatic rings. The van der Waals surface area contributed by atoms with Gasteiger partial charge in [-0.25, -0.2) is 0 Å². The van der Waals surface area contributed by atoms with Crippen LogP contribution in [0.5, 0.6) is 0 Å². The van der Waals surface area contributed by atoms with E-state index in [4.69, 9.17) is 11.6 Å². The molecule has 0 N–H and O–H groups in total. The van der Waals surface area contributed by atoms with Gasteiger partial charge in [-0.15, -0.1) is 22.9 Å². The molecule has 0 saturated carbocycles. The Labute approximate surface area is 98.1 Å². The summed E-state index contributed by atoms with van der Waals surface area (Å²) in [6.07, 6.45) is 5.08. The molecule has 2 rings (SSSR count).